The maximum Gasteiger partial charge on any atom is 0.223 e. The smallest absolute Gasteiger partial charge is 0.223 e. The highest BCUT2D eigenvalue weighted by atomic mass is 127. The van der Waals surface area contributed by atoms with Crippen LogP contribution < -0.4 is 4.74 Å². The number of aromatic nitrogens is 2. The van der Waals surface area contributed by atoms with Crippen molar-refractivity contribution in [3.63, 3.8) is 0 Å². The molecule has 12 heavy (non-hydrogen) atoms. The summed E-state index contributed by atoms with van der Waals surface area (Å²) in [5.74, 6) is 0.679. The molecule has 2 aromatic heterocycles. The summed E-state index contributed by atoms with van der Waals surface area (Å²) < 4.78 is 6.26. The van der Waals surface area contributed by atoms with Crippen LogP contribution in [0.4, 0.5) is 0 Å². The third-order valence-electron chi connectivity index (χ3n) is 1.70. The van der Waals surface area contributed by atoms with Crippen molar-refractivity contribution in [3.05, 3.63) is 22.0 Å². The maximum atomic E-state index is 5.13. The van der Waals surface area contributed by atoms with E-state index >= 15 is 0 Å². The summed E-state index contributed by atoms with van der Waals surface area (Å²) in [5.41, 5.74) is 1.06. The molecule has 0 aliphatic rings. The van der Waals surface area contributed by atoms with Gasteiger partial charge in [0.15, 0.2) is 0 Å². The van der Waals surface area contributed by atoms with Crippen molar-refractivity contribution in [3.8, 4) is 5.88 Å². The monoisotopic (exact) mass is 274 g/mol. The number of H-pyrrole nitrogens is 1. The second kappa shape index (κ2) is 2.93. The number of nitrogens with zero attached hydrogens (tertiary/aromatic N) is 1. The number of pyridine rings is 1. The zero-order chi connectivity index (χ0) is 8.55. The minimum Gasteiger partial charge on any atom is -0.480 e. The van der Waals surface area contributed by atoms with E-state index in [2.05, 4.69) is 32.6 Å². The first-order chi connectivity index (χ1) is 5.83. The number of ether oxygens (including phenoxy) is 1. The largest absolute Gasteiger partial charge is 0.480 e. The Morgan fingerprint density at radius 1 is 1.58 bits per heavy atom. The molecule has 0 amide bonds. The summed E-state index contributed by atoms with van der Waals surface area (Å²) in [4.78, 5) is 7.25. The lowest BCUT2D eigenvalue weighted by Crippen LogP contribution is -1.87. The summed E-state index contributed by atoms with van der Waals surface area (Å²) >= 11 is 2.25. The second-order valence-corrected chi connectivity index (χ2v) is 3.54. The molecule has 0 spiro atoms. The Hall–Kier alpha value is -0.780. The van der Waals surface area contributed by atoms with Crippen molar-refractivity contribution < 1.29 is 4.74 Å². The summed E-state index contributed by atoms with van der Waals surface area (Å²) in [6, 6.07) is 1.93. The van der Waals surface area contributed by atoms with Crippen molar-refractivity contribution in [2.75, 3.05) is 7.11 Å². The van der Waals surface area contributed by atoms with E-state index in [-0.39, 0.29) is 0 Å². The first-order valence-corrected chi connectivity index (χ1v) is 4.56. The van der Waals surface area contributed by atoms with Crippen LogP contribution in [0.2, 0.25) is 0 Å². The van der Waals surface area contributed by atoms with Crippen LogP contribution in [-0.4, -0.2) is 17.1 Å². The normalized spacial score (nSPS) is 10.5. The van der Waals surface area contributed by atoms with E-state index in [1.807, 2.05) is 12.3 Å². The average molecular weight is 274 g/mol. The average Bonchev–Trinajstić information content (AvgIpc) is 2.48. The highest BCUT2D eigenvalue weighted by Crippen LogP contribution is 2.26. The van der Waals surface area contributed by atoms with Gasteiger partial charge in [0, 0.05) is 16.0 Å². The summed E-state index contributed by atoms with van der Waals surface area (Å²) in [6.45, 7) is 0. The van der Waals surface area contributed by atoms with E-state index in [9.17, 15) is 0 Å². The van der Waals surface area contributed by atoms with Crippen molar-refractivity contribution in [1.29, 1.82) is 0 Å². The predicted octanol–water partition coefficient (Wildman–Crippen LogP) is 2.18. The summed E-state index contributed by atoms with van der Waals surface area (Å²) in [5, 5.41) is 1.06. The molecule has 4 heteroatoms. The van der Waals surface area contributed by atoms with Gasteiger partial charge in [-0.1, -0.05) is 0 Å². The molecule has 0 radical (unpaired) electrons. The quantitative estimate of drug-likeness (QED) is 0.809. The minimum absolute atomic E-state index is 0.679. The molecule has 0 saturated heterocycles. The van der Waals surface area contributed by atoms with Gasteiger partial charge in [-0.2, -0.15) is 0 Å². The summed E-state index contributed by atoms with van der Waals surface area (Å²) in [7, 11) is 1.63. The fourth-order valence-corrected chi connectivity index (χ4v) is 1.84. The van der Waals surface area contributed by atoms with E-state index < -0.39 is 0 Å². The molecule has 0 fully saturated rings. The SMILES string of the molecule is COc1nccc2[nH]cc(I)c12. The first-order valence-electron chi connectivity index (χ1n) is 3.48. The fourth-order valence-electron chi connectivity index (χ4n) is 1.16. The zero-order valence-corrected chi connectivity index (χ0v) is 8.62. The number of hydrogen-bond acceptors (Lipinski definition) is 2. The molecule has 0 unspecified atom stereocenters. The van der Waals surface area contributed by atoms with Gasteiger partial charge in [0.1, 0.15) is 0 Å². The van der Waals surface area contributed by atoms with E-state index in [4.69, 9.17) is 4.74 Å². The number of fused-ring (bicyclic) bond motifs is 1. The number of halogens is 1. The number of nitrogens with one attached hydrogen (secondary N) is 1. The van der Waals surface area contributed by atoms with Gasteiger partial charge in [0.05, 0.1) is 18.0 Å². The van der Waals surface area contributed by atoms with Crippen molar-refractivity contribution in [2.45, 2.75) is 0 Å². The Kier molecular flexibility index (Phi) is 1.92. The Balaban J connectivity index is 2.84. The van der Waals surface area contributed by atoms with Crippen molar-refractivity contribution in [2.24, 2.45) is 0 Å². The molecular formula is C8H7IN2O. The highest BCUT2D eigenvalue weighted by Gasteiger charge is 2.06. The fraction of sp³-hybridized carbons (Fsp3) is 0.125. The molecule has 0 bridgehead atoms. The highest BCUT2D eigenvalue weighted by molar-refractivity contribution is 14.1. The van der Waals surface area contributed by atoms with E-state index in [1.165, 1.54) is 0 Å². The van der Waals surface area contributed by atoms with Crippen LogP contribution in [0.5, 0.6) is 5.88 Å². The lowest BCUT2D eigenvalue weighted by atomic mass is 10.3. The van der Waals surface area contributed by atoms with E-state index in [0.29, 0.717) is 5.88 Å². The van der Waals surface area contributed by atoms with Gasteiger partial charge in [0.2, 0.25) is 5.88 Å². The van der Waals surface area contributed by atoms with E-state index in [1.54, 1.807) is 13.3 Å². The van der Waals surface area contributed by atoms with Gasteiger partial charge in [-0.15, -0.1) is 0 Å². The van der Waals surface area contributed by atoms with E-state index in [0.717, 1.165) is 14.5 Å². The van der Waals surface area contributed by atoms with Crippen LogP contribution in [0, 0.1) is 3.57 Å². The van der Waals surface area contributed by atoms with Gasteiger partial charge < -0.3 is 9.72 Å². The lowest BCUT2D eigenvalue weighted by Gasteiger charge is -1.99. The number of methoxy groups -OCH3 is 1. The van der Waals surface area contributed by atoms with Gasteiger partial charge in [-0.25, -0.2) is 4.98 Å². The molecule has 0 aliphatic heterocycles. The molecule has 62 valence electrons. The number of hydrogen-bond donors (Lipinski definition) is 1. The van der Waals surface area contributed by atoms with Crippen LogP contribution in [0.25, 0.3) is 10.9 Å². The molecule has 2 heterocycles. The molecule has 0 saturated carbocycles. The molecule has 0 aliphatic carbocycles. The van der Waals surface area contributed by atoms with Crippen LogP contribution in [0.1, 0.15) is 0 Å². The Morgan fingerprint density at radius 3 is 3.17 bits per heavy atom. The van der Waals surface area contributed by atoms with Gasteiger partial charge in [-0.3, -0.25) is 0 Å². The van der Waals surface area contributed by atoms with Crippen molar-refractivity contribution >= 4 is 33.5 Å². The number of aromatic amines is 1. The van der Waals surface area contributed by atoms with Crippen LogP contribution in [0.3, 0.4) is 0 Å². The van der Waals surface area contributed by atoms with Crippen LogP contribution in [-0.2, 0) is 0 Å². The molecular weight excluding hydrogens is 267 g/mol. The molecule has 0 atom stereocenters. The zero-order valence-electron chi connectivity index (χ0n) is 6.47. The molecule has 2 aromatic rings. The molecule has 1 N–H and O–H groups in total. The standard InChI is InChI=1S/C8H7IN2O/c1-12-8-7-5(9)4-11-6(7)2-3-10-8/h2-4,11H,1H3. The summed E-state index contributed by atoms with van der Waals surface area (Å²) in [6.07, 6.45) is 3.67. The predicted molar refractivity (Wildman–Crippen MR) is 55.4 cm³/mol. The molecule has 2 rings (SSSR count). The Morgan fingerprint density at radius 2 is 2.42 bits per heavy atom. The van der Waals surface area contributed by atoms with Gasteiger partial charge in [-0.05, 0) is 28.7 Å². The minimum atomic E-state index is 0.679. The molecule has 0 aromatic carbocycles. The van der Waals surface area contributed by atoms with Crippen LogP contribution >= 0.6 is 22.6 Å². The topological polar surface area (TPSA) is 37.9 Å². The Bertz CT molecular complexity index is 410. The third-order valence-corrected chi connectivity index (χ3v) is 2.55. The van der Waals surface area contributed by atoms with Crippen LogP contribution in [0.15, 0.2) is 18.5 Å². The Labute approximate surface area is 83.3 Å². The lowest BCUT2D eigenvalue weighted by molar-refractivity contribution is 0.403. The van der Waals surface area contributed by atoms with Crippen molar-refractivity contribution in [1.82, 2.24) is 9.97 Å². The molecule has 3 nitrogen and oxygen atoms in total. The van der Waals surface area contributed by atoms with Gasteiger partial charge >= 0.3 is 0 Å². The van der Waals surface area contributed by atoms with Gasteiger partial charge in [0.25, 0.3) is 0 Å². The number of rotatable bonds is 1. The third kappa shape index (κ3) is 1.06. The second-order valence-electron chi connectivity index (χ2n) is 2.38. The first kappa shape index (κ1) is 7.85. The maximum absolute atomic E-state index is 5.13.